The molecule has 0 aromatic rings. The SMILES string of the molecule is CCCCC1NC(=O)C2(CCCC2)N1.Cl. The van der Waals surface area contributed by atoms with Gasteiger partial charge in [0.1, 0.15) is 0 Å². The van der Waals surface area contributed by atoms with Gasteiger partial charge in [0.25, 0.3) is 0 Å². The molecule has 1 aliphatic carbocycles. The molecule has 1 unspecified atom stereocenters. The van der Waals surface area contributed by atoms with Gasteiger partial charge < -0.3 is 5.32 Å². The molecule has 2 N–H and O–H groups in total. The summed E-state index contributed by atoms with van der Waals surface area (Å²) in [7, 11) is 0. The summed E-state index contributed by atoms with van der Waals surface area (Å²) in [5.41, 5.74) is -0.182. The van der Waals surface area contributed by atoms with E-state index in [4.69, 9.17) is 0 Å². The Balaban J connectivity index is 0.00000112. The first-order valence-corrected chi connectivity index (χ1v) is 5.85. The van der Waals surface area contributed by atoms with Crippen molar-refractivity contribution < 1.29 is 4.79 Å². The molecule has 0 aromatic heterocycles. The maximum atomic E-state index is 11.8. The van der Waals surface area contributed by atoms with Crippen molar-refractivity contribution in [1.29, 1.82) is 0 Å². The summed E-state index contributed by atoms with van der Waals surface area (Å²) in [6.45, 7) is 2.18. The Morgan fingerprint density at radius 3 is 2.67 bits per heavy atom. The van der Waals surface area contributed by atoms with Crippen LogP contribution in [0.25, 0.3) is 0 Å². The number of amides is 1. The molecule has 2 rings (SSSR count). The van der Waals surface area contributed by atoms with Crippen molar-refractivity contribution in [2.45, 2.75) is 63.6 Å². The van der Waals surface area contributed by atoms with Crippen LogP contribution in [0.3, 0.4) is 0 Å². The Morgan fingerprint density at radius 2 is 2.07 bits per heavy atom. The molecule has 0 radical (unpaired) electrons. The van der Waals surface area contributed by atoms with Gasteiger partial charge in [0, 0.05) is 0 Å². The van der Waals surface area contributed by atoms with Crippen molar-refractivity contribution in [3.8, 4) is 0 Å². The summed E-state index contributed by atoms with van der Waals surface area (Å²) < 4.78 is 0. The minimum absolute atomic E-state index is 0. The third-order valence-corrected chi connectivity index (χ3v) is 3.49. The van der Waals surface area contributed by atoms with E-state index in [1.165, 1.54) is 25.7 Å². The van der Waals surface area contributed by atoms with Crippen LogP contribution in [-0.2, 0) is 4.79 Å². The second-order valence-corrected chi connectivity index (χ2v) is 4.60. The number of unbranched alkanes of at least 4 members (excludes halogenated alkanes) is 1. The fourth-order valence-electron chi connectivity index (χ4n) is 2.63. The van der Waals surface area contributed by atoms with Gasteiger partial charge >= 0.3 is 0 Å². The number of halogens is 1. The third-order valence-electron chi connectivity index (χ3n) is 3.49. The molecule has 3 nitrogen and oxygen atoms in total. The molecule has 0 bridgehead atoms. The summed E-state index contributed by atoms with van der Waals surface area (Å²) >= 11 is 0. The van der Waals surface area contributed by atoms with Crippen LogP contribution in [0, 0.1) is 0 Å². The fraction of sp³-hybridized carbons (Fsp3) is 0.909. The average Bonchev–Trinajstić information content (AvgIpc) is 2.74. The molecule has 1 atom stereocenters. The molecule has 1 aliphatic heterocycles. The van der Waals surface area contributed by atoms with Gasteiger partial charge in [-0.3, -0.25) is 10.1 Å². The van der Waals surface area contributed by atoms with Crippen molar-refractivity contribution in [1.82, 2.24) is 10.6 Å². The van der Waals surface area contributed by atoms with Gasteiger partial charge in [-0.05, 0) is 19.3 Å². The molecule has 15 heavy (non-hydrogen) atoms. The number of carbonyl (C=O) groups is 1. The zero-order chi connectivity index (χ0) is 10.0. The van der Waals surface area contributed by atoms with Gasteiger partial charge in [-0.2, -0.15) is 0 Å². The second kappa shape index (κ2) is 5.17. The minimum Gasteiger partial charge on any atom is -0.339 e. The lowest BCUT2D eigenvalue weighted by Gasteiger charge is -2.20. The molecular formula is C11H21ClN2O. The topological polar surface area (TPSA) is 41.1 Å². The van der Waals surface area contributed by atoms with Crippen molar-refractivity contribution in [3.63, 3.8) is 0 Å². The van der Waals surface area contributed by atoms with Crippen LogP contribution in [0.2, 0.25) is 0 Å². The molecule has 2 aliphatic rings. The monoisotopic (exact) mass is 232 g/mol. The highest BCUT2D eigenvalue weighted by molar-refractivity contribution is 5.89. The quantitative estimate of drug-likeness (QED) is 0.781. The Bertz CT molecular complexity index is 227. The molecule has 2 fully saturated rings. The number of rotatable bonds is 3. The van der Waals surface area contributed by atoms with E-state index < -0.39 is 0 Å². The Labute approximate surface area is 97.8 Å². The Morgan fingerprint density at radius 1 is 1.40 bits per heavy atom. The second-order valence-electron chi connectivity index (χ2n) is 4.60. The van der Waals surface area contributed by atoms with Crippen LogP contribution in [0.15, 0.2) is 0 Å². The predicted molar refractivity (Wildman–Crippen MR) is 63.0 cm³/mol. The first kappa shape index (κ1) is 12.8. The van der Waals surface area contributed by atoms with E-state index in [-0.39, 0.29) is 30.0 Å². The Kier molecular flexibility index (Phi) is 4.41. The van der Waals surface area contributed by atoms with Gasteiger partial charge in [-0.1, -0.05) is 32.6 Å². The fourth-order valence-corrected chi connectivity index (χ4v) is 2.63. The maximum absolute atomic E-state index is 11.8. The van der Waals surface area contributed by atoms with Crippen molar-refractivity contribution in [3.05, 3.63) is 0 Å². The summed E-state index contributed by atoms with van der Waals surface area (Å²) in [4.78, 5) is 11.8. The van der Waals surface area contributed by atoms with Crippen LogP contribution in [0.5, 0.6) is 0 Å². The zero-order valence-electron chi connectivity index (χ0n) is 9.34. The zero-order valence-corrected chi connectivity index (χ0v) is 10.2. The molecule has 1 saturated heterocycles. The molecule has 1 heterocycles. The van der Waals surface area contributed by atoms with E-state index in [9.17, 15) is 4.79 Å². The van der Waals surface area contributed by atoms with E-state index in [1.54, 1.807) is 0 Å². The summed E-state index contributed by atoms with van der Waals surface area (Å²) in [5, 5.41) is 6.56. The lowest BCUT2D eigenvalue weighted by Crippen LogP contribution is -2.44. The normalized spacial score (nSPS) is 27.8. The van der Waals surface area contributed by atoms with Gasteiger partial charge in [-0.15, -0.1) is 12.4 Å². The maximum Gasteiger partial charge on any atom is 0.241 e. The van der Waals surface area contributed by atoms with E-state index in [1.807, 2.05) is 0 Å². The predicted octanol–water partition coefficient (Wildman–Crippen LogP) is 1.96. The standard InChI is InChI=1S/C11H20N2O.ClH/c1-2-3-6-9-12-10(14)11(13-9)7-4-5-8-11;/h9,13H,2-8H2,1H3,(H,12,14);1H. The van der Waals surface area contributed by atoms with Crippen LogP contribution >= 0.6 is 12.4 Å². The van der Waals surface area contributed by atoms with Crippen LogP contribution < -0.4 is 10.6 Å². The van der Waals surface area contributed by atoms with Gasteiger partial charge in [0.15, 0.2) is 0 Å². The first-order valence-electron chi connectivity index (χ1n) is 5.85. The number of hydrogen-bond donors (Lipinski definition) is 2. The number of hydrogen-bond acceptors (Lipinski definition) is 2. The summed E-state index contributed by atoms with van der Waals surface area (Å²) in [6.07, 6.45) is 8.14. The van der Waals surface area contributed by atoms with Crippen molar-refractivity contribution in [2.24, 2.45) is 0 Å². The number of carbonyl (C=O) groups excluding carboxylic acids is 1. The highest BCUT2D eigenvalue weighted by Gasteiger charge is 2.47. The molecule has 1 spiro atoms. The lowest BCUT2D eigenvalue weighted by atomic mass is 9.98. The molecule has 1 amide bonds. The van der Waals surface area contributed by atoms with Crippen molar-refractivity contribution >= 4 is 18.3 Å². The molecule has 1 saturated carbocycles. The third kappa shape index (κ3) is 2.45. The van der Waals surface area contributed by atoms with Gasteiger partial charge in [0.2, 0.25) is 5.91 Å². The van der Waals surface area contributed by atoms with E-state index in [0.717, 1.165) is 19.3 Å². The van der Waals surface area contributed by atoms with Gasteiger partial charge in [-0.25, -0.2) is 0 Å². The largest absolute Gasteiger partial charge is 0.339 e. The molecule has 88 valence electrons. The lowest BCUT2D eigenvalue weighted by molar-refractivity contribution is -0.124. The highest BCUT2D eigenvalue weighted by atomic mass is 35.5. The average molecular weight is 233 g/mol. The van der Waals surface area contributed by atoms with E-state index in [2.05, 4.69) is 17.6 Å². The van der Waals surface area contributed by atoms with Crippen LogP contribution in [-0.4, -0.2) is 17.6 Å². The van der Waals surface area contributed by atoms with Gasteiger partial charge in [0.05, 0.1) is 11.7 Å². The summed E-state index contributed by atoms with van der Waals surface area (Å²) in [5.74, 6) is 0.246. The highest BCUT2D eigenvalue weighted by Crippen LogP contribution is 2.33. The van der Waals surface area contributed by atoms with E-state index >= 15 is 0 Å². The van der Waals surface area contributed by atoms with Crippen molar-refractivity contribution in [2.75, 3.05) is 0 Å². The van der Waals surface area contributed by atoms with E-state index in [0.29, 0.717) is 0 Å². The first-order chi connectivity index (χ1) is 6.77. The smallest absolute Gasteiger partial charge is 0.241 e. The number of nitrogens with one attached hydrogen (secondary N) is 2. The molecular weight excluding hydrogens is 212 g/mol. The van der Waals surface area contributed by atoms with Crippen LogP contribution in [0.1, 0.15) is 51.9 Å². The minimum atomic E-state index is -0.182. The molecule has 0 aromatic carbocycles. The van der Waals surface area contributed by atoms with Crippen LogP contribution in [0.4, 0.5) is 0 Å². The summed E-state index contributed by atoms with van der Waals surface area (Å²) in [6, 6.07) is 0. The Hall–Kier alpha value is -0.280. The molecule has 4 heteroatoms.